The number of aromatic nitrogens is 3. The van der Waals surface area contributed by atoms with E-state index in [2.05, 4.69) is 20.3 Å². The number of rotatable bonds is 5. The summed E-state index contributed by atoms with van der Waals surface area (Å²) in [5.74, 6) is -0.298. The summed E-state index contributed by atoms with van der Waals surface area (Å²) < 4.78 is 24.6. The zero-order chi connectivity index (χ0) is 22.2. The van der Waals surface area contributed by atoms with Crippen molar-refractivity contribution in [1.29, 1.82) is 0 Å². The average Bonchev–Trinajstić information content (AvgIpc) is 3.16. The lowest BCUT2D eigenvalue weighted by Crippen LogP contribution is -2.13. The fraction of sp³-hybridized carbons (Fsp3) is 0.136. The van der Waals surface area contributed by atoms with Gasteiger partial charge in [0.25, 0.3) is 5.91 Å². The van der Waals surface area contributed by atoms with Crippen molar-refractivity contribution in [3.8, 4) is 11.3 Å². The van der Waals surface area contributed by atoms with Gasteiger partial charge in [-0.25, -0.2) is 18.4 Å². The van der Waals surface area contributed by atoms with E-state index in [-0.39, 0.29) is 10.8 Å². The molecule has 0 bridgehead atoms. The summed E-state index contributed by atoms with van der Waals surface area (Å²) in [4.78, 5) is 24.8. The van der Waals surface area contributed by atoms with Crippen LogP contribution in [-0.2, 0) is 9.84 Å². The van der Waals surface area contributed by atoms with Crippen LogP contribution in [0.5, 0.6) is 0 Å². The number of H-pyrrole nitrogens is 1. The summed E-state index contributed by atoms with van der Waals surface area (Å²) in [6, 6.07) is 13.1. The third-order valence-corrected chi connectivity index (χ3v) is 7.26. The smallest absolute Gasteiger partial charge is 0.255 e. The highest BCUT2D eigenvalue weighted by atomic mass is 35.5. The summed E-state index contributed by atoms with van der Waals surface area (Å²) in [5, 5.41) is 2.87. The van der Waals surface area contributed by atoms with E-state index in [1.807, 2.05) is 0 Å². The van der Waals surface area contributed by atoms with Crippen molar-refractivity contribution in [2.45, 2.75) is 24.0 Å². The molecule has 2 N–H and O–H groups in total. The molecule has 0 fully saturated rings. The van der Waals surface area contributed by atoms with Crippen molar-refractivity contribution in [3.63, 3.8) is 0 Å². The number of amides is 1. The van der Waals surface area contributed by atoms with Gasteiger partial charge < -0.3 is 10.3 Å². The first kappa shape index (κ1) is 21.0. The highest BCUT2D eigenvalue weighted by molar-refractivity contribution is 7.92. The Labute approximate surface area is 184 Å². The van der Waals surface area contributed by atoms with Crippen LogP contribution in [0.15, 0.2) is 65.8 Å². The number of hydrogen-bond donors (Lipinski definition) is 2. The fourth-order valence-electron chi connectivity index (χ4n) is 3.01. The van der Waals surface area contributed by atoms with Crippen molar-refractivity contribution >= 4 is 44.2 Å². The Morgan fingerprint density at radius 1 is 1.06 bits per heavy atom. The molecule has 0 aliphatic rings. The van der Waals surface area contributed by atoms with E-state index in [1.54, 1.807) is 74.8 Å². The first-order valence-electron chi connectivity index (χ1n) is 9.51. The largest absolute Gasteiger partial charge is 0.343 e. The Bertz CT molecular complexity index is 1360. The fourth-order valence-corrected chi connectivity index (χ4v) is 4.19. The lowest BCUT2D eigenvalue weighted by atomic mass is 10.1. The third-order valence-electron chi connectivity index (χ3n) is 4.83. The van der Waals surface area contributed by atoms with Gasteiger partial charge >= 0.3 is 0 Å². The lowest BCUT2D eigenvalue weighted by Gasteiger charge is -2.08. The van der Waals surface area contributed by atoms with Crippen molar-refractivity contribution in [2.24, 2.45) is 0 Å². The zero-order valence-electron chi connectivity index (χ0n) is 16.8. The topological polar surface area (TPSA) is 105 Å². The highest BCUT2D eigenvalue weighted by Gasteiger charge is 2.19. The molecule has 0 aliphatic heterocycles. The van der Waals surface area contributed by atoms with Gasteiger partial charge in [-0.2, -0.15) is 0 Å². The van der Waals surface area contributed by atoms with E-state index in [0.29, 0.717) is 38.7 Å². The SMILES string of the molecule is CC(C)S(=O)(=O)c1ccc(-c2cnc3[nH]cc(NC(=O)c4ccc(Cl)cc4)c3n2)cc1. The average molecular weight is 455 g/mol. The van der Waals surface area contributed by atoms with Gasteiger partial charge in [-0.1, -0.05) is 23.7 Å². The van der Waals surface area contributed by atoms with E-state index in [4.69, 9.17) is 11.6 Å². The Morgan fingerprint density at radius 2 is 1.74 bits per heavy atom. The summed E-state index contributed by atoms with van der Waals surface area (Å²) >= 11 is 5.87. The molecule has 9 heteroatoms. The molecule has 0 atom stereocenters. The molecule has 1 amide bonds. The van der Waals surface area contributed by atoms with Crippen LogP contribution in [0.1, 0.15) is 24.2 Å². The van der Waals surface area contributed by atoms with Crippen LogP contribution < -0.4 is 5.32 Å². The van der Waals surface area contributed by atoms with E-state index < -0.39 is 15.1 Å². The Kier molecular flexibility index (Phi) is 5.51. The van der Waals surface area contributed by atoms with E-state index in [9.17, 15) is 13.2 Å². The molecule has 0 radical (unpaired) electrons. The summed E-state index contributed by atoms with van der Waals surface area (Å²) in [7, 11) is -3.35. The van der Waals surface area contributed by atoms with E-state index in [1.165, 1.54) is 0 Å². The number of fused-ring (bicyclic) bond motifs is 1. The number of halogens is 1. The predicted octanol–water partition coefficient (Wildman–Crippen LogP) is 4.71. The maximum atomic E-state index is 12.5. The normalized spacial score (nSPS) is 11.7. The molecule has 0 unspecified atom stereocenters. The number of aromatic amines is 1. The van der Waals surface area contributed by atoms with Crippen molar-refractivity contribution in [3.05, 3.63) is 71.5 Å². The molecule has 2 heterocycles. The van der Waals surface area contributed by atoms with Crippen LogP contribution in [0.4, 0.5) is 5.69 Å². The third kappa shape index (κ3) is 4.17. The lowest BCUT2D eigenvalue weighted by molar-refractivity contribution is 0.102. The van der Waals surface area contributed by atoms with Gasteiger partial charge in [0.2, 0.25) is 0 Å². The number of hydrogen-bond acceptors (Lipinski definition) is 5. The van der Waals surface area contributed by atoms with Crippen molar-refractivity contribution < 1.29 is 13.2 Å². The molecule has 0 saturated heterocycles. The summed E-state index contributed by atoms with van der Waals surface area (Å²) in [6.45, 7) is 3.29. The van der Waals surface area contributed by atoms with Crippen molar-refractivity contribution in [2.75, 3.05) is 5.32 Å². The molecule has 158 valence electrons. The second-order valence-electron chi connectivity index (χ2n) is 7.23. The summed E-state index contributed by atoms with van der Waals surface area (Å²) in [6.07, 6.45) is 3.22. The number of sulfone groups is 1. The van der Waals surface area contributed by atoms with Gasteiger partial charge in [-0.05, 0) is 50.2 Å². The Hall–Kier alpha value is -3.23. The highest BCUT2D eigenvalue weighted by Crippen LogP contribution is 2.26. The second-order valence-corrected chi connectivity index (χ2v) is 10.2. The Morgan fingerprint density at radius 3 is 2.39 bits per heavy atom. The molecule has 0 saturated carbocycles. The van der Waals surface area contributed by atoms with Crippen LogP contribution in [0, 0.1) is 0 Å². The zero-order valence-corrected chi connectivity index (χ0v) is 18.3. The molecule has 4 aromatic rings. The second kappa shape index (κ2) is 8.13. The first-order chi connectivity index (χ1) is 14.8. The number of nitrogens with one attached hydrogen (secondary N) is 2. The minimum atomic E-state index is -3.35. The molecule has 4 rings (SSSR count). The molecule has 0 spiro atoms. The van der Waals surface area contributed by atoms with Crippen molar-refractivity contribution in [1.82, 2.24) is 15.0 Å². The first-order valence-corrected chi connectivity index (χ1v) is 11.4. The quantitative estimate of drug-likeness (QED) is 0.454. The number of benzene rings is 2. The molecule has 31 heavy (non-hydrogen) atoms. The van der Waals surface area contributed by atoms with Gasteiger partial charge in [-0.3, -0.25) is 4.79 Å². The van der Waals surface area contributed by atoms with Crippen LogP contribution in [-0.4, -0.2) is 34.5 Å². The molecule has 0 aliphatic carbocycles. The molecule has 7 nitrogen and oxygen atoms in total. The van der Waals surface area contributed by atoms with Gasteiger partial charge in [0, 0.05) is 22.3 Å². The maximum Gasteiger partial charge on any atom is 0.255 e. The maximum absolute atomic E-state index is 12.5. The molecular weight excluding hydrogens is 436 g/mol. The Balaban J connectivity index is 1.64. The number of nitrogens with zero attached hydrogens (tertiary/aromatic N) is 2. The van der Waals surface area contributed by atoms with Crippen LogP contribution in [0.2, 0.25) is 5.02 Å². The van der Waals surface area contributed by atoms with Crippen LogP contribution >= 0.6 is 11.6 Å². The van der Waals surface area contributed by atoms with Gasteiger partial charge in [-0.15, -0.1) is 0 Å². The number of carbonyl (C=O) groups is 1. The monoisotopic (exact) mass is 454 g/mol. The minimum absolute atomic E-state index is 0.262. The van der Waals surface area contributed by atoms with Gasteiger partial charge in [0.15, 0.2) is 15.5 Å². The van der Waals surface area contributed by atoms with E-state index >= 15 is 0 Å². The molecule has 2 aromatic carbocycles. The molecular formula is C22H19ClN4O3S. The van der Waals surface area contributed by atoms with Crippen LogP contribution in [0.25, 0.3) is 22.4 Å². The minimum Gasteiger partial charge on any atom is -0.343 e. The van der Waals surface area contributed by atoms with Gasteiger partial charge in [0.05, 0.1) is 27.7 Å². The number of carbonyl (C=O) groups excluding carboxylic acids is 1. The summed E-state index contributed by atoms with van der Waals surface area (Å²) in [5.41, 5.74) is 3.25. The standard InChI is InChI=1S/C22H19ClN4O3S/c1-13(2)31(29,30)17-9-5-14(6-10-17)18-11-24-21-20(26-18)19(12-25-21)27-22(28)15-3-7-16(23)8-4-15/h3-13H,1-2H3,(H,24,25)(H,27,28). The van der Waals surface area contributed by atoms with Crippen LogP contribution in [0.3, 0.4) is 0 Å². The predicted molar refractivity (Wildman–Crippen MR) is 121 cm³/mol. The van der Waals surface area contributed by atoms with Gasteiger partial charge in [0.1, 0.15) is 5.52 Å². The number of anilines is 1. The van der Waals surface area contributed by atoms with E-state index in [0.717, 1.165) is 0 Å². The molecule has 2 aromatic heterocycles.